The van der Waals surface area contributed by atoms with Crippen LogP contribution in [0.5, 0.6) is 5.75 Å². The fraction of sp³-hybridized carbons (Fsp3) is 0.250. The minimum Gasteiger partial charge on any atom is -0.497 e. The third-order valence-electron chi connectivity index (χ3n) is 2.06. The molecule has 0 amide bonds. The van der Waals surface area contributed by atoms with Crippen LogP contribution in [0, 0.1) is 0 Å². The van der Waals surface area contributed by atoms with Gasteiger partial charge in [-0.1, -0.05) is 12.1 Å². The number of carbonyl (C=O) groups is 1. The molecular weight excluding hydrogens is 206 g/mol. The highest BCUT2D eigenvalue weighted by molar-refractivity contribution is 5.79. The van der Waals surface area contributed by atoms with E-state index in [0.717, 1.165) is 17.4 Å². The van der Waals surface area contributed by atoms with Crippen LogP contribution in [0.4, 0.5) is 0 Å². The lowest BCUT2D eigenvalue weighted by atomic mass is 10.2. The summed E-state index contributed by atoms with van der Waals surface area (Å²) >= 11 is 0. The average molecular weight is 221 g/mol. The lowest BCUT2D eigenvalue weighted by molar-refractivity contribution is -0.131. The molecule has 4 heteroatoms. The summed E-state index contributed by atoms with van der Waals surface area (Å²) in [5.41, 5.74) is 1.10. The number of rotatable bonds is 5. The quantitative estimate of drug-likeness (QED) is 0.769. The van der Waals surface area contributed by atoms with Gasteiger partial charge in [0.1, 0.15) is 5.75 Å². The summed E-state index contributed by atoms with van der Waals surface area (Å²) in [6.45, 7) is 0.660. The Hall–Kier alpha value is -1.97. The normalized spacial score (nSPS) is 10.4. The monoisotopic (exact) mass is 221 g/mol. The molecule has 0 heterocycles. The lowest BCUT2D eigenvalue weighted by Gasteiger charge is -2.13. The van der Waals surface area contributed by atoms with Crippen molar-refractivity contribution < 1.29 is 14.6 Å². The molecule has 0 spiro atoms. The van der Waals surface area contributed by atoms with Crippen molar-refractivity contribution in [1.29, 1.82) is 0 Å². The number of carboxylic acid groups (broad SMARTS) is 1. The summed E-state index contributed by atoms with van der Waals surface area (Å²) in [5, 5.41) is 8.47. The Morgan fingerprint density at radius 3 is 2.56 bits per heavy atom. The summed E-state index contributed by atoms with van der Waals surface area (Å²) in [4.78, 5) is 12.1. The summed E-state index contributed by atoms with van der Waals surface area (Å²) in [7, 11) is 3.44. The molecule has 0 aliphatic carbocycles. The second kappa shape index (κ2) is 5.80. The Morgan fingerprint density at radius 2 is 2.06 bits per heavy atom. The van der Waals surface area contributed by atoms with E-state index in [1.807, 2.05) is 31.3 Å². The molecule has 0 atom stereocenters. The molecule has 0 saturated heterocycles. The maximum atomic E-state index is 10.3. The van der Waals surface area contributed by atoms with Crippen LogP contribution in [-0.4, -0.2) is 30.1 Å². The van der Waals surface area contributed by atoms with Gasteiger partial charge in [-0.25, -0.2) is 4.79 Å². The van der Waals surface area contributed by atoms with E-state index in [1.54, 1.807) is 12.0 Å². The zero-order valence-electron chi connectivity index (χ0n) is 9.38. The van der Waals surface area contributed by atoms with Gasteiger partial charge in [-0.3, -0.25) is 0 Å². The number of carboxylic acids is 1. The van der Waals surface area contributed by atoms with Crippen molar-refractivity contribution in [3.05, 3.63) is 42.1 Å². The molecule has 0 aliphatic rings. The van der Waals surface area contributed by atoms with Crippen LogP contribution in [0.2, 0.25) is 0 Å². The predicted molar refractivity (Wildman–Crippen MR) is 61.2 cm³/mol. The number of nitrogens with zero attached hydrogens (tertiary/aromatic N) is 1. The van der Waals surface area contributed by atoms with E-state index in [4.69, 9.17) is 9.84 Å². The Morgan fingerprint density at radius 1 is 1.44 bits per heavy atom. The highest BCUT2D eigenvalue weighted by Crippen LogP contribution is 2.12. The summed E-state index contributed by atoms with van der Waals surface area (Å²) < 4.78 is 5.05. The van der Waals surface area contributed by atoms with Crippen LogP contribution in [0.15, 0.2) is 36.5 Å². The Kier molecular flexibility index (Phi) is 4.39. The van der Waals surface area contributed by atoms with E-state index < -0.39 is 5.97 Å². The molecule has 1 aromatic carbocycles. The van der Waals surface area contributed by atoms with Gasteiger partial charge in [-0.05, 0) is 17.7 Å². The third-order valence-corrected chi connectivity index (χ3v) is 2.06. The number of hydrogen-bond acceptors (Lipinski definition) is 3. The van der Waals surface area contributed by atoms with Gasteiger partial charge in [-0.2, -0.15) is 0 Å². The maximum absolute atomic E-state index is 10.3. The van der Waals surface area contributed by atoms with Crippen molar-refractivity contribution in [1.82, 2.24) is 4.90 Å². The first-order valence-electron chi connectivity index (χ1n) is 4.86. The minimum atomic E-state index is -0.943. The van der Waals surface area contributed by atoms with E-state index in [1.165, 1.54) is 6.20 Å². The van der Waals surface area contributed by atoms with Gasteiger partial charge in [-0.15, -0.1) is 0 Å². The Labute approximate surface area is 94.8 Å². The van der Waals surface area contributed by atoms with Crippen molar-refractivity contribution in [3.8, 4) is 5.75 Å². The van der Waals surface area contributed by atoms with Gasteiger partial charge in [0.15, 0.2) is 0 Å². The van der Waals surface area contributed by atoms with Crippen LogP contribution in [0.3, 0.4) is 0 Å². The maximum Gasteiger partial charge on any atom is 0.329 e. The topological polar surface area (TPSA) is 49.8 Å². The van der Waals surface area contributed by atoms with Crippen LogP contribution < -0.4 is 4.74 Å². The lowest BCUT2D eigenvalue weighted by Crippen LogP contribution is -2.10. The molecule has 16 heavy (non-hydrogen) atoms. The first-order chi connectivity index (χ1) is 7.61. The van der Waals surface area contributed by atoms with Crippen molar-refractivity contribution in [3.63, 3.8) is 0 Å². The van der Waals surface area contributed by atoms with E-state index in [9.17, 15) is 4.79 Å². The van der Waals surface area contributed by atoms with Crippen LogP contribution >= 0.6 is 0 Å². The zero-order valence-corrected chi connectivity index (χ0v) is 9.38. The van der Waals surface area contributed by atoms with Crippen LogP contribution in [-0.2, 0) is 11.3 Å². The molecule has 1 aromatic rings. The second-order valence-electron chi connectivity index (χ2n) is 3.42. The fourth-order valence-electron chi connectivity index (χ4n) is 1.26. The number of ether oxygens (including phenoxy) is 1. The summed E-state index contributed by atoms with van der Waals surface area (Å²) in [6, 6.07) is 7.65. The Balaban J connectivity index is 2.55. The van der Waals surface area contributed by atoms with Crippen molar-refractivity contribution in [2.24, 2.45) is 0 Å². The summed E-state index contributed by atoms with van der Waals surface area (Å²) in [5.74, 6) is -0.130. The molecule has 1 N–H and O–H groups in total. The fourth-order valence-corrected chi connectivity index (χ4v) is 1.26. The van der Waals surface area contributed by atoms with Gasteiger partial charge in [0.2, 0.25) is 0 Å². The molecule has 86 valence electrons. The van der Waals surface area contributed by atoms with Crippen molar-refractivity contribution in [2.75, 3.05) is 14.2 Å². The molecule has 1 rings (SSSR count). The van der Waals surface area contributed by atoms with Gasteiger partial charge in [0.25, 0.3) is 0 Å². The molecule has 0 unspecified atom stereocenters. The standard InChI is InChI=1S/C12H15NO3/c1-13(8-7-12(14)15)9-10-3-5-11(16-2)6-4-10/h3-8H,9H2,1-2H3,(H,14,15). The van der Waals surface area contributed by atoms with Gasteiger partial charge in [0, 0.05) is 25.9 Å². The molecule has 0 saturated carbocycles. The van der Waals surface area contributed by atoms with E-state index in [-0.39, 0.29) is 0 Å². The van der Waals surface area contributed by atoms with Gasteiger partial charge >= 0.3 is 5.97 Å². The molecule has 0 fully saturated rings. The smallest absolute Gasteiger partial charge is 0.329 e. The minimum absolute atomic E-state index is 0.660. The highest BCUT2D eigenvalue weighted by atomic mass is 16.5. The summed E-state index contributed by atoms with van der Waals surface area (Å²) in [6.07, 6.45) is 2.65. The van der Waals surface area contributed by atoms with Crippen LogP contribution in [0.25, 0.3) is 0 Å². The number of methoxy groups -OCH3 is 1. The third kappa shape index (κ3) is 4.04. The van der Waals surface area contributed by atoms with Gasteiger partial charge < -0.3 is 14.7 Å². The number of hydrogen-bond donors (Lipinski definition) is 1. The van der Waals surface area contributed by atoms with Crippen molar-refractivity contribution >= 4 is 5.97 Å². The zero-order chi connectivity index (χ0) is 12.0. The van der Waals surface area contributed by atoms with E-state index in [2.05, 4.69) is 0 Å². The molecule has 0 bridgehead atoms. The second-order valence-corrected chi connectivity index (χ2v) is 3.42. The number of benzene rings is 1. The molecule has 4 nitrogen and oxygen atoms in total. The highest BCUT2D eigenvalue weighted by Gasteiger charge is 1.97. The van der Waals surface area contributed by atoms with E-state index in [0.29, 0.717) is 6.54 Å². The average Bonchev–Trinajstić information content (AvgIpc) is 2.27. The number of aliphatic carboxylic acids is 1. The first-order valence-corrected chi connectivity index (χ1v) is 4.86. The van der Waals surface area contributed by atoms with Crippen molar-refractivity contribution in [2.45, 2.75) is 6.54 Å². The van der Waals surface area contributed by atoms with Gasteiger partial charge in [0.05, 0.1) is 7.11 Å². The predicted octanol–water partition coefficient (Wildman–Crippen LogP) is 1.73. The van der Waals surface area contributed by atoms with E-state index >= 15 is 0 Å². The largest absolute Gasteiger partial charge is 0.497 e. The molecule has 0 aromatic heterocycles. The molecule has 0 aliphatic heterocycles. The molecule has 0 radical (unpaired) electrons. The Bertz CT molecular complexity index is 370. The van der Waals surface area contributed by atoms with Crippen LogP contribution in [0.1, 0.15) is 5.56 Å². The SMILES string of the molecule is COc1ccc(CN(C)C=CC(=O)O)cc1. The first kappa shape index (κ1) is 12.1. The molecular formula is C12H15NO3.